The average molecular weight is 260 g/mol. The van der Waals surface area contributed by atoms with Gasteiger partial charge in [0, 0.05) is 0 Å². The molecule has 0 aliphatic carbocycles. The fourth-order valence-corrected chi connectivity index (χ4v) is 1.65. The number of ether oxygens (including phenoxy) is 1. The predicted octanol–water partition coefficient (Wildman–Crippen LogP) is -3.91. The molecule has 1 aliphatic heterocycles. The van der Waals surface area contributed by atoms with Gasteiger partial charge in [0.2, 0.25) is 5.82 Å². The fourth-order valence-electron chi connectivity index (χ4n) is 1.65. The van der Waals surface area contributed by atoms with E-state index >= 15 is 0 Å². The van der Waals surface area contributed by atoms with Gasteiger partial charge >= 0.3 is 0 Å². The Hall–Kier alpha value is -1.59. The van der Waals surface area contributed by atoms with Gasteiger partial charge in [0.05, 0.1) is 6.61 Å². The third-order valence-corrected chi connectivity index (χ3v) is 2.63. The minimum absolute atomic E-state index is 0.388. The number of hydrogen-bond acceptors (Lipinski definition) is 8. The molecule has 4 atom stereocenters. The topological polar surface area (TPSA) is 164 Å². The van der Waals surface area contributed by atoms with Crippen LogP contribution in [0.25, 0.3) is 0 Å². The number of aliphatic hydroxyl groups excluding tert-OH is 3. The summed E-state index contributed by atoms with van der Waals surface area (Å²) in [6, 6.07) is 0. The largest absolute Gasteiger partial charge is 0.394 e. The minimum Gasteiger partial charge on any atom is -0.394 e. The van der Waals surface area contributed by atoms with E-state index in [1.54, 1.807) is 0 Å². The van der Waals surface area contributed by atoms with Crippen molar-refractivity contribution in [3.8, 4) is 0 Å². The van der Waals surface area contributed by atoms with Gasteiger partial charge in [-0.15, -0.1) is 5.10 Å². The average Bonchev–Trinajstić information content (AvgIpc) is 2.90. The van der Waals surface area contributed by atoms with Crippen LogP contribution in [0, 0.1) is 0 Å². The van der Waals surface area contributed by atoms with E-state index in [1.165, 1.54) is 0 Å². The van der Waals surface area contributed by atoms with Crippen molar-refractivity contribution in [3.63, 3.8) is 0 Å². The second-order valence-electron chi connectivity index (χ2n) is 3.81. The van der Waals surface area contributed by atoms with Crippen molar-refractivity contribution in [2.75, 3.05) is 6.61 Å². The van der Waals surface area contributed by atoms with Crippen LogP contribution >= 0.6 is 0 Å². The highest BCUT2D eigenvalue weighted by molar-refractivity contribution is 5.88. The van der Waals surface area contributed by atoms with Crippen molar-refractivity contribution >= 4 is 5.91 Å². The summed E-state index contributed by atoms with van der Waals surface area (Å²) in [7, 11) is 0. The molecule has 0 aromatic carbocycles. The van der Waals surface area contributed by atoms with Gasteiger partial charge in [0.15, 0.2) is 6.10 Å². The van der Waals surface area contributed by atoms with Crippen molar-refractivity contribution in [2.24, 2.45) is 5.73 Å². The predicted molar refractivity (Wildman–Crippen MR) is 52.7 cm³/mol. The Kier molecular flexibility index (Phi) is 3.04. The first-order valence-corrected chi connectivity index (χ1v) is 4.99. The number of hydrogen-bond donors (Lipinski definition) is 5. The lowest BCUT2D eigenvalue weighted by Crippen LogP contribution is -2.46. The summed E-state index contributed by atoms with van der Waals surface area (Å²) in [6.07, 6.45) is -3.56. The van der Waals surface area contributed by atoms with Crippen molar-refractivity contribution in [2.45, 2.75) is 24.2 Å². The normalized spacial score (nSPS) is 35.9. The number of nitrogens with two attached hydrogens (primary N) is 1. The van der Waals surface area contributed by atoms with E-state index in [0.29, 0.717) is 4.68 Å². The highest BCUT2D eigenvalue weighted by Crippen LogP contribution is 2.32. The fraction of sp³-hybridized carbons (Fsp3) is 0.625. The lowest BCUT2D eigenvalue weighted by Gasteiger charge is -2.25. The maximum absolute atomic E-state index is 10.8. The molecule has 0 saturated carbocycles. The van der Waals surface area contributed by atoms with Crippen LogP contribution < -0.4 is 5.73 Å². The zero-order valence-electron chi connectivity index (χ0n) is 9.04. The molecule has 1 aliphatic rings. The first-order chi connectivity index (χ1) is 8.40. The minimum atomic E-state index is -2.42. The molecule has 0 spiro atoms. The van der Waals surface area contributed by atoms with Gasteiger partial charge in [0.25, 0.3) is 11.8 Å². The summed E-state index contributed by atoms with van der Waals surface area (Å²) < 4.78 is 5.57. The van der Waals surface area contributed by atoms with Gasteiger partial charge < -0.3 is 30.9 Å². The number of aromatic nitrogens is 3. The molecule has 1 amide bonds. The van der Waals surface area contributed by atoms with Crippen LogP contribution in [0.3, 0.4) is 0 Å². The van der Waals surface area contributed by atoms with E-state index in [-0.39, 0.29) is 5.82 Å². The summed E-state index contributed by atoms with van der Waals surface area (Å²) in [6.45, 7) is -0.613. The first-order valence-electron chi connectivity index (χ1n) is 4.99. The van der Waals surface area contributed by atoms with Crippen molar-refractivity contribution in [1.29, 1.82) is 0 Å². The van der Waals surface area contributed by atoms with Crippen LogP contribution in [-0.2, 0) is 10.6 Å². The SMILES string of the molecule is NC(=O)c1ncn([C@]2(O)O[C@H](CO)[C@@H](O)[C@H]2O)n1. The molecule has 10 nitrogen and oxygen atoms in total. The molecular formula is C8H12N4O6. The van der Waals surface area contributed by atoms with E-state index in [9.17, 15) is 20.1 Å². The molecule has 1 aromatic heterocycles. The summed E-state index contributed by atoms with van der Waals surface area (Å²) in [5.41, 5.74) is 4.93. The van der Waals surface area contributed by atoms with Crippen LogP contribution in [0.1, 0.15) is 10.6 Å². The van der Waals surface area contributed by atoms with Gasteiger partial charge in [-0.25, -0.2) is 4.98 Å². The first kappa shape index (κ1) is 12.9. The van der Waals surface area contributed by atoms with E-state index in [1.807, 2.05) is 0 Å². The third-order valence-electron chi connectivity index (χ3n) is 2.63. The summed E-state index contributed by atoms with van der Waals surface area (Å²) in [4.78, 5) is 14.3. The molecule has 10 heteroatoms. The van der Waals surface area contributed by atoms with E-state index in [0.717, 1.165) is 6.33 Å². The monoisotopic (exact) mass is 260 g/mol. The van der Waals surface area contributed by atoms with Crippen molar-refractivity contribution in [1.82, 2.24) is 14.8 Å². The van der Waals surface area contributed by atoms with Crippen molar-refractivity contribution in [3.05, 3.63) is 12.2 Å². The Bertz CT molecular complexity index is 464. The molecule has 1 saturated heterocycles. The second-order valence-corrected chi connectivity index (χ2v) is 3.81. The quantitative estimate of drug-likeness (QED) is 0.368. The number of carbonyl (C=O) groups excluding carboxylic acids is 1. The Morgan fingerprint density at radius 1 is 1.61 bits per heavy atom. The van der Waals surface area contributed by atoms with Crippen molar-refractivity contribution < 1.29 is 30.0 Å². The maximum atomic E-state index is 10.8. The molecule has 18 heavy (non-hydrogen) atoms. The highest BCUT2D eigenvalue weighted by Gasteiger charge is 2.55. The molecule has 0 unspecified atom stereocenters. The van der Waals surface area contributed by atoms with Crippen LogP contribution in [0.5, 0.6) is 0 Å². The second kappa shape index (κ2) is 4.26. The van der Waals surface area contributed by atoms with Gasteiger partial charge in [0.1, 0.15) is 18.5 Å². The zero-order chi connectivity index (χ0) is 13.5. The smallest absolute Gasteiger partial charge is 0.300 e. The number of nitrogens with zero attached hydrogens (tertiary/aromatic N) is 3. The molecule has 0 bridgehead atoms. The summed E-state index contributed by atoms with van der Waals surface area (Å²) >= 11 is 0. The Morgan fingerprint density at radius 2 is 2.28 bits per heavy atom. The molecule has 1 aromatic rings. The standard InChI is InChI=1S/C8H12N4O6/c9-6(16)7-10-2-12(11-7)8(17)5(15)4(14)3(1-13)18-8/h2-5,13-15,17H,1H2,(H2,9,16)/t3-,4-,5-,8-/m1/s1. The number of amides is 1. The molecule has 1 fully saturated rings. The van der Waals surface area contributed by atoms with Crippen LogP contribution in [0.15, 0.2) is 6.33 Å². The van der Waals surface area contributed by atoms with Gasteiger partial charge in [-0.1, -0.05) is 0 Å². The summed E-state index contributed by atoms with van der Waals surface area (Å²) in [5.74, 6) is -3.74. The third kappa shape index (κ3) is 1.76. The number of rotatable bonds is 3. The highest BCUT2D eigenvalue weighted by atomic mass is 16.7. The molecule has 2 heterocycles. The number of carbonyl (C=O) groups is 1. The molecule has 2 rings (SSSR count). The van der Waals surface area contributed by atoms with E-state index in [2.05, 4.69) is 10.1 Å². The number of primary amides is 1. The molecule has 100 valence electrons. The van der Waals surface area contributed by atoms with Crippen LogP contribution in [-0.4, -0.2) is 66.0 Å². The zero-order valence-corrected chi connectivity index (χ0v) is 9.04. The molecular weight excluding hydrogens is 248 g/mol. The number of aliphatic hydroxyl groups is 4. The lowest BCUT2D eigenvalue weighted by molar-refractivity contribution is -0.294. The Labute approximate surface area is 100 Å². The molecule has 6 N–H and O–H groups in total. The van der Waals surface area contributed by atoms with Gasteiger partial charge in [-0.3, -0.25) is 4.79 Å². The van der Waals surface area contributed by atoms with Gasteiger partial charge in [-0.05, 0) is 0 Å². The lowest BCUT2D eigenvalue weighted by atomic mass is 10.1. The Morgan fingerprint density at radius 3 is 2.72 bits per heavy atom. The Balaban J connectivity index is 2.33. The maximum Gasteiger partial charge on any atom is 0.300 e. The van der Waals surface area contributed by atoms with E-state index in [4.69, 9.17) is 15.6 Å². The van der Waals surface area contributed by atoms with Gasteiger partial charge in [-0.2, -0.15) is 4.68 Å². The molecule has 0 radical (unpaired) electrons. The van der Waals surface area contributed by atoms with Crippen LogP contribution in [0.2, 0.25) is 0 Å². The van der Waals surface area contributed by atoms with E-state index < -0.39 is 36.7 Å². The summed E-state index contributed by atoms with van der Waals surface area (Å²) in [5, 5.41) is 41.7. The van der Waals surface area contributed by atoms with Crippen LogP contribution in [0.4, 0.5) is 0 Å².